The molecule has 2 atom stereocenters. The molecule has 2 aliphatic carbocycles. The summed E-state index contributed by atoms with van der Waals surface area (Å²) < 4.78 is 19.3. The predicted octanol–water partition coefficient (Wildman–Crippen LogP) is 2.71. The van der Waals surface area contributed by atoms with E-state index in [1.54, 1.807) is 0 Å². The van der Waals surface area contributed by atoms with Crippen LogP contribution in [0.2, 0.25) is 0 Å². The number of hydrogen-bond donors (Lipinski definition) is 2. The number of benzene rings is 1. The number of hydrogen-bond acceptors (Lipinski definition) is 6. The summed E-state index contributed by atoms with van der Waals surface area (Å²) in [4.78, 5) is 28.2. The highest BCUT2D eigenvalue weighted by Crippen LogP contribution is 2.60. The summed E-state index contributed by atoms with van der Waals surface area (Å²) in [5.41, 5.74) is 0.126. The van der Waals surface area contributed by atoms with Gasteiger partial charge in [0, 0.05) is 17.5 Å². The van der Waals surface area contributed by atoms with Crippen molar-refractivity contribution < 1.29 is 18.4 Å². The van der Waals surface area contributed by atoms with Gasteiger partial charge in [-0.25, -0.2) is 4.39 Å². The van der Waals surface area contributed by atoms with Crippen molar-refractivity contribution in [2.75, 3.05) is 11.7 Å². The van der Waals surface area contributed by atoms with Gasteiger partial charge in [-0.2, -0.15) is 0 Å². The van der Waals surface area contributed by atoms with Crippen LogP contribution in [0, 0.1) is 0 Å². The Kier molecular flexibility index (Phi) is 4.79. The third kappa shape index (κ3) is 2.90. The second-order valence-corrected chi connectivity index (χ2v) is 9.95. The number of para-hydroxylation sites is 1. The lowest BCUT2D eigenvalue weighted by molar-refractivity contribution is -0.127. The van der Waals surface area contributed by atoms with E-state index in [9.17, 15) is 14.0 Å². The summed E-state index contributed by atoms with van der Waals surface area (Å²) in [6.45, 7) is -0.853. The molecule has 2 amide bonds. The van der Waals surface area contributed by atoms with Crippen molar-refractivity contribution in [1.29, 1.82) is 0 Å². The van der Waals surface area contributed by atoms with Crippen LogP contribution in [0.5, 0.6) is 0 Å². The molecule has 3 fully saturated rings. The molecule has 1 saturated heterocycles. The van der Waals surface area contributed by atoms with Crippen LogP contribution in [0.4, 0.5) is 10.1 Å². The first kappa shape index (κ1) is 20.8. The van der Waals surface area contributed by atoms with Crippen molar-refractivity contribution in [3.63, 3.8) is 0 Å². The SMILES string of the molecule is O=C(NC1CCC(c2nnco2)CC1)C1CC2(C(=O)N(CF)c3ccccc32)C2(CCC2)N1. The fourth-order valence-corrected chi connectivity index (χ4v) is 6.72. The zero-order valence-corrected chi connectivity index (χ0v) is 18.4. The molecule has 9 heteroatoms. The van der Waals surface area contributed by atoms with Crippen LogP contribution < -0.4 is 15.5 Å². The quantitative estimate of drug-likeness (QED) is 0.691. The molecule has 2 aliphatic heterocycles. The molecule has 1 aromatic carbocycles. The summed E-state index contributed by atoms with van der Waals surface area (Å²) >= 11 is 0. The van der Waals surface area contributed by atoms with Crippen LogP contribution in [0.15, 0.2) is 35.1 Å². The Morgan fingerprint density at radius 2 is 2.03 bits per heavy atom. The summed E-state index contributed by atoms with van der Waals surface area (Å²) in [7, 11) is 0. The number of anilines is 1. The smallest absolute Gasteiger partial charge is 0.241 e. The topological polar surface area (TPSA) is 100 Å². The average Bonchev–Trinajstić information content (AvgIpc) is 3.52. The Bertz CT molecular complexity index is 1060. The van der Waals surface area contributed by atoms with E-state index in [0.717, 1.165) is 50.5 Å². The number of carbonyl (C=O) groups is 2. The van der Waals surface area contributed by atoms with Crippen molar-refractivity contribution in [3.8, 4) is 0 Å². The van der Waals surface area contributed by atoms with Gasteiger partial charge >= 0.3 is 0 Å². The van der Waals surface area contributed by atoms with Gasteiger partial charge in [-0.15, -0.1) is 10.2 Å². The number of alkyl halides is 1. The Hall–Kier alpha value is -2.81. The van der Waals surface area contributed by atoms with Crippen LogP contribution in [0.25, 0.3) is 0 Å². The molecule has 2 N–H and O–H groups in total. The fraction of sp³-hybridized carbons (Fsp3) is 0.583. The predicted molar refractivity (Wildman–Crippen MR) is 117 cm³/mol. The minimum atomic E-state index is -0.883. The monoisotopic (exact) mass is 453 g/mol. The molecule has 1 aromatic heterocycles. The maximum Gasteiger partial charge on any atom is 0.241 e. The zero-order chi connectivity index (χ0) is 22.6. The minimum Gasteiger partial charge on any atom is -0.428 e. The van der Waals surface area contributed by atoms with Gasteiger partial charge in [-0.1, -0.05) is 18.2 Å². The van der Waals surface area contributed by atoms with Crippen molar-refractivity contribution in [2.24, 2.45) is 0 Å². The van der Waals surface area contributed by atoms with Crippen LogP contribution >= 0.6 is 0 Å². The van der Waals surface area contributed by atoms with Gasteiger partial charge < -0.3 is 9.73 Å². The lowest BCUT2D eigenvalue weighted by atomic mass is 9.57. The molecule has 0 bridgehead atoms. The molecule has 2 saturated carbocycles. The number of nitrogens with one attached hydrogen (secondary N) is 2. The summed E-state index contributed by atoms with van der Waals surface area (Å²) in [5, 5.41) is 14.6. The van der Waals surface area contributed by atoms with Gasteiger partial charge in [0.15, 0.2) is 6.80 Å². The Morgan fingerprint density at radius 1 is 1.24 bits per heavy atom. The van der Waals surface area contributed by atoms with Gasteiger partial charge in [-0.05, 0) is 63.0 Å². The first-order valence-electron chi connectivity index (χ1n) is 11.9. The second kappa shape index (κ2) is 7.62. The number of aromatic nitrogens is 2. The van der Waals surface area contributed by atoms with Gasteiger partial charge in [0.25, 0.3) is 0 Å². The maximum absolute atomic E-state index is 13.9. The summed E-state index contributed by atoms with van der Waals surface area (Å²) in [5.74, 6) is 0.630. The fourth-order valence-electron chi connectivity index (χ4n) is 6.72. The zero-order valence-electron chi connectivity index (χ0n) is 18.4. The van der Waals surface area contributed by atoms with E-state index in [0.29, 0.717) is 18.0 Å². The number of halogens is 1. The molecule has 4 aliphatic rings. The van der Waals surface area contributed by atoms with Gasteiger partial charge in [0.2, 0.25) is 24.1 Å². The largest absolute Gasteiger partial charge is 0.428 e. The molecule has 174 valence electrons. The third-order valence-corrected chi connectivity index (χ3v) is 8.49. The van der Waals surface area contributed by atoms with Crippen LogP contribution in [-0.2, 0) is 15.0 Å². The van der Waals surface area contributed by atoms with Gasteiger partial charge in [0.05, 0.1) is 17.1 Å². The highest BCUT2D eigenvalue weighted by molar-refractivity contribution is 6.10. The standard InChI is InChI=1S/C24H28FN5O3/c25-13-30-19-5-2-1-4-17(19)24(22(30)32)12-18(28-23(24)10-3-11-23)20(31)27-16-8-6-15(7-9-16)21-29-26-14-33-21/h1-2,4-5,14-16,18,28H,3,6-13H2,(H,27,31). The molecular weight excluding hydrogens is 425 g/mol. The molecule has 0 radical (unpaired) electrons. The average molecular weight is 454 g/mol. The van der Waals surface area contributed by atoms with E-state index in [2.05, 4.69) is 20.8 Å². The van der Waals surface area contributed by atoms with E-state index >= 15 is 0 Å². The van der Waals surface area contributed by atoms with Crippen molar-refractivity contribution >= 4 is 17.5 Å². The lowest BCUT2D eigenvalue weighted by Crippen LogP contribution is -2.63. The Balaban J connectivity index is 1.20. The van der Waals surface area contributed by atoms with E-state index in [4.69, 9.17) is 4.42 Å². The number of amides is 2. The first-order valence-corrected chi connectivity index (χ1v) is 11.9. The molecule has 8 nitrogen and oxygen atoms in total. The van der Waals surface area contributed by atoms with Crippen molar-refractivity contribution in [1.82, 2.24) is 20.8 Å². The van der Waals surface area contributed by atoms with Gasteiger partial charge in [-0.3, -0.25) is 19.8 Å². The van der Waals surface area contributed by atoms with Crippen molar-refractivity contribution in [3.05, 3.63) is 42.1 Å². The summed E-state index contributed by atoms with van der Waals surface area (Å²) in [6.07, 6.45) is 7.80. The molecule has 2 spiro atoms. The molecule has 6 rings (SSSR count). The molecular formula is C24H28FN5O3. The van der Waals surface area contributed by atoms with Crippen molar-refractivity contribution in [2.45, 2.75) is 80.3 Å². The second-order valence-electron chi connectivity index (χ2n) is 9.95. The van der Waals surface area contributed by atoms with E-state index < -0.39 is 23.8 Å². The summed E-state index contributed by atoms with van der Waals surface area (Å²) in [6, 6.07) is 7.08. The van der Waals surface area contributed by atoms with Crippen LogP contribution in [0.1, 0.15) is 68.7 Å². The lowest BCUT2D eigenvalue weighted by Gasteiger charge is -2.49. The molecule has 33 heavy (non-hydrogen) atoms. The highest BCUT2D eigenvalue weighted by atomic mass is 19.1. The first-order chi connectivity index (χ1) is 16.1. The number of rotatable bonds is 4. The Labute approximate surface area is 191 Å². The van der Waals surface area contributed by atoms with E-state index in [-0.39, 0.29) is 23.8 Å². The van der Waals surface area contributed by atoms with Crippen LogP contribution in [0.3, 0.4) is 0 Å². The highest BCUT2D eigenvalue weighted by Gasteiger charge is 2.70. The van der Waals surface area contributed by atoms with E-state index in [1.165, 1.54) is 11.3 Å². The normalized spacial score (nSPS) is 32.2. The van der Waals surface area contributed by atoms with Gasteiger partial charge in [0.1, 0.15) is 0 Å². The third-order valence-electron chi connectivity index (χ3n) is 8.49. The Morgan fingerprint density at radius 3 is 2.70 bits per heavy atom. The molecule has 3 heterocycles. The number of carbonyl (C=O) groups excluding carboxylic acids is 2. The van der Waals surface area contributed by atoms with Crippen LogP contribution in [-0.4, -0.2) is 46.4 Å². The molecule has 2 unspecified atom stereocenters. The number of fused-ring (bicyclic) bond motifs is 3. The van der Waals surface area contributed by atoms with E-state index in [1.807, 2.05) is 24.3 Å². The number of nitrogens with zero attached hydrogens (tertiary/aromatic N) is 3. The maximum atomic E-state index is 13.9. The molecule has 2 aromatic rings. The minimum absolute atomic E-state index is 0.0663.